The molecule has 0 spiro atoms. The van der Waals surface area contributed by atoms with Crippen LogP contribution in [0.1, 0.15) is 12.8 Å². The van der Waals surface area contributed by atoms with Gasteiger partial charge in [-0.2, -0.15) is 0 Å². The van der Waals surface area contributed by atoms with E-state index in [9.17, 15) is 8.42 Å². The average molecular weight is 418 g/mol. The van der Waals surface area contributed by atoms with Crippen molar-refractivity contribution in [2.75, 3.05) is 31.6 Å². The lowest BCUT2D eigenvalue weighted by Gasteiger charge is -2.31. The van der Waals surface area contributed by atoms with E-state index in [2.05, 4.69) is 15.7 Å². The van der Waals surface area contributed by atoms with Crippen LogP contribution in [0, 0.1) is 5.92 Å². The summed E-state index contributed by atoms with van der Waals surface area (Å²) < 4.78 is 34.0. The van der Waals surface area contributed by atoms with Gasteiger partial charge in [-0.25, -0.2) is 18.1 Å². The molecule has 0 amide bonds. The second-order valence-corrected chi connectivity index (χ2v) is 9.70. The second kappa shape index (κ2) is 8.06. The largest absolute Gasteiger partial charge is 0.497 e. The van der Waals surface area contributed by atoms with Gasteiger partial charge >= 0.3 is 0 Å². The van der Waals surface area contributed by atoms with E-state index in [1.54, 1.807) is 42.7 Å². The van der Waals surface area contributed by atoms with E-state index in [1.807, 2.05) is 18.2 Å². The number of hydrogen-bond acceptors (Lipinski definition) is 6. The van der Waals surface area contributed by atoms with E-state index in [-0.39, 0.29) is 4.90 Å². The number of hydrogen-bond donors (Lipinski definition) is 1. The molecular formula is C20H23N3O3S2. The molecule has 0 saturated carbocycles. The fourth-order valence-corrected chi connectivity index (χ4v) is 5.52. The van der Waals surface area contributed by atoms with E-state index < -0.39 is 10.0 Å². The number of rotatable bonds is 6. The van der Waals surface area contributed by atoms with E-state index in [0.29, 0.717) is 18.2 Å². The Morgan fingerprint density at radius 2 is 1.86 bits per heavy atom. The minimum atomic E-state index is -3.50. The number of thiazole rings is 1. The quantitative estimate of drug-likeness (QED) is 0.665. The zero-order valence-electron chi connectivity index (χ0n) is 15.7. The molecule has 0 radical (unpaired) electrons. The zero-order chi connectivity index (χ0) is 19.6. The highest BCUT2D eigenvalue weighted by Gasteiger charge is 2.23. The van der Waals surface area contributed by atoms with Gasteiger partial charge in [0.1, 0.15) is 5.75 Å². The molecular weight excluding hydrogens is 394 g/mol. The highest BCUT2D eigenvalue weighted by Crippen LogP contribution is 2.31. The number of aromatic nitrogens is 1. The van der Waals surface area contributed by atoms with Crippen molar-refractivity contribution < 1.29 is 13.2 Å². The van der Waals surface area contributed by atoms with Gasteiger partial charge in [-0.3, -0.25) is 0 Å². The Kier molecular flexibility index (Phi) is 5.52. The maximum atomic E-state index is 12.5. The molecule has 1 fully saturated rings. The molecule has 0 aliphatic carbocycles. The van der Waals surface area contributed by atoms with Crippen molar-refractivity contribution in [3.8, 4) is 5.75 Å². The lowest BCUT2D eigenvalue weighted by atomic mass is 9.97. The van der Waals surface area contributed by atoms with Gasteiger partial charge < -0.3 is 9.64 Å². The highest BCUT2D eigenvalue weighted by molar-refractivity contribution is 7.89. The molecule has 2 aromatic carbocycles. The fourth-order valence-electron chi connectivity index (χ4n) is 3.39. The third-order valence-electron chi connectivity index (χ3n) is 5.10. The van der Waals surface area contributed by atoms with Crippen molar-refractivity contribution in [3.05, 3.63) is 48.5 Å². The summed E-state index contributed by atoms with van der Waals surface area (Å²) in [5, 5.41) is 1.05. The lowest BCUT2D eigenvalue weighted by molar-refractivity contribution is 0.402. The van der Waals surface area contributed by atoms with Crippen LogP contribution in [0.5, 0.6) is 5.75 Å². The molecule has 148 valence electrons. The molecule has 1 aromatic heterocycles. The van der Waals surface area contributed by atoms with Crippen molar-refractivity contribution in [1.29, 1.82) is 0 Å². The predicted octanol–water partition coefficient (Wildman–Crippen LogP) is 3.50. The van der Waals surface area contributed by atoms with Crippen LogP contribution < -0.4 is 14.4 Å². The summed E-state index contributed by atoms with van der Waals surface area (Å²) >= 11 is 1.72. The Hall–Kier alpha value is -2.16. The van der Waals surface area contributed by atoms with Gasteiger partial charge in [0.15, 0.2) is 5.13 Å². The molecule has 0 bridgehead atoms. The second-order valence-electron chi connectivity index (χ2n) is 6.92. The number of nitrogens with zero attached hydrogens (tertiary/aromatic N) is 2. The molecule has 28 heavy (non-hydrogen) atoms. The third-order valence-corrected chi connectivity index (χ3v) is 7.64. The smallest absolute Gasteiger partial charge is 0.240 e. The number of anilines is 1. The number of nitrogens with one attached hydrogen (secondary N) is 1. The Morgan fingerprint density at radius 3 is 2.54 bits per heavy atom. The summed E-state index contributed by atoms with van der Waals surface area (Å²) in [6.45, 7) is 2.26. The standard InChI is InChI=1S/C20H23N3O3S2/c1-26-16-6-8-17(9-7-16)28(24,25)21-14-15-10-12-23(13-11-15)20-22-18-4-2-3-5-19(18)27-20/h2-9,15,21H,10-14H2,1H3. The van der Waals surface area contributed by atoms with Crippen molar-refractivity contribution in [2.24, 2.45) is 5.92 Å². The number of methoxy groups -OCH3 is 1. The molecule has 0 atom stereocenters. The van der Waals surface area contributed by atoms with Crippen molar-refractivity contribution in [1.82, 2.24) is 9.71 Å². The topological polar surface area (TPSA) is 71.5 Å². The lowest BCUT2D eigenvalue weighted by Crippen LogP contribution is -2.38. The summed E-state index contributed by atoms with van der Waals surface area (Å²) in [5.41, 5.74) is 1.04. The highest BCUT2D eigenvalue weighted by atomic mass is 32.2. The average Bonchev–Trinajstić information content (AvgIpc) is 3.17. The minimum Gasteiger partial charge on any atom is -0.497 e. The van der Waals surface area contributed by atoms with Crippen molar-refractivity contribution in [3.63, 3.8) is 0 Å². The van der Waals surface area contributed by atoms with Crippen LogP contribution in [0.2, 0.25) is 0 Å². The maximum Gasteiger partial charge on any atom is 0.240 e. The zero-order valence-corrected chi connectivity index (χ0v) is 17.3. The first kappa shape index (κ1) is 19.2. The van der Waals surface area contributed by atoms with Crippen LogP contribution in [0.15, 0.2) is 53.4 Å². The molecule has 4 rings (SSSR count). The SMILES string of the molecule is COc1ccc(S(=O)(=O)NCC2CCN(c3nc4ccccc4s3)CC2)cc1. The molecule has 1 aliphatic rings. The van der Waals surface area contributed by atoms with Crippen LogP contribution in [0.25, 0.3) is 10.2 Å². The predicted molar refractivity (Wildman–Crippen MR) is 113 cm³/mol. The maximum absolute atomic E-state index is 12.5. The van der Waals surface area contributed by atoms with E-state index in [1.165, 1.54) is 4.70 Å². The van der Waals surface area contributed by atoms with Crippen LogP contribution >= 0.6 is 11.3 Å². The van der Waals surface area contributed by atoms with Gasteiger partial charge in [-0.15, -0.1) is 0 Å². The third kappa shape index (κ3) is 4.14. The molecule has 1 N–H and O–H groups in total. The van der Waals surface area contributed by atoms with Gasteiger partial charge in [-0.1, -0.05) is 23.5 Å². The van der Waals surface area contributed by atoms with E-state index >= 15 is 0 Å². The molecule has 1 saturated heterocycles. The Bertz CT molecular complexity index is 1010. The number of para-hydroxylation sites is 1. The number of piperidine rings is 1. The normalized spacial score (nSPS) is 15.8. The molecule has 6 nitrogen and oxygen atoms in total. The van der Waals surface area contributed by atoms with Gasteiger partial charge in [0.25, 0.3) is 0 Å². The van der Waals surface area contributed by atoms with Crippen LogP contribution in [-0.2, 0) is 10.0 Å². The first-order chi connectivity index (χ1) is 13.5. The van der Waals surface area contributed by atoms with Crippen LogP contribution in [-0.4, -0.2) is 40.1 Å². The monoisotopic (exact) mass is 417 g/mol. The number of ether oxygens (including phenoxy) is 1. The van der Waals surface area contributed by atoms with E-state index in [4.69, 9.17) is 9.72 Å². The molecule has 3 aromatic rings. The Balaban J connectivity index is 1.32. The Labute approximate surface area is 169 Å². The summed E-state index contributed by atoms with van der Waals surface area (Å²) in [6.07, 6.45) is 1.89. The first-order valence-electron chi connectivity index (χ1n) is 9.29. The molecule has 1 aliphatic heterocycles. The van der Waals surface area contributed by atoms with Crippen LogP contribution in [0.3, 0.4) is 0 Å². The molecule has 8 heteroatoms. The van der Waals surface area contributed by atoms with Crippen LogP contribution in [0.4, 0.5) is 5.13 Å². The first-order valence-corrected chi connectivity index (χ1v) is 11.6. The summed E-state index contributed by atoms with van der Waals surface area (Å²) in [6, 6.07) is 14.6. The van der Waals surface area contributed by atoms with Crippen molar-refractivity contribution in [2.45, 2.75) is 17.7 Å². The van der Waals surface area contributed by atoms with Gasteiger partial charge in [0.2, 0.25) is 10.0 Å². The minimum absolute atomic E-state index is 0.264. The molecule has 0 unspecified atom stereocenters. The number of benzene rings is 2. The number of sulfonamides is 1. The van der Waals surface area contributed by atoms with Gasteiger partial charge in [-0.05, 0) is 55.2 Å². The summed E-state index contributed by atoms with van der Waals surface area (Å²) in [7, 11) is -1.94. The number of fused-ring (bicyclic) bond motifs is 1. The summed E-state index contributed by atoms with van der Waals surface area (Å²) in [5.74, 6) is 0.972. The fraction of sp³-hybridized carbons (Fsp3) is 0.350. The van der Waals surface area contributed by atoms with E-state index in [0.717, 1.165) is 36.6 Å². The van der Waals surface area contributed by atoms with Crippen molar-refractivity contribution >= 4 is 36.7 Å². The Morgan fingerprint density at radius 1 is 1.14 bits per heavy atom. The van der Waals surface area contributed by atoms with Gasteiger partial charge in [0.05, 0.1) is 22.2 Å². The summed E-state index contributed by atoms with van der Waals surface area (Å²) in [4.78, 5) is 7.29. The van der Waals surface area contributed by atoms with Gasteiger partial charge in [0, 0.05) is 19.6 Å². The molecule has 2 heterocycles.